The lowest BCUT2D eigenvalue weighted by atomic mass is 10.0. The van der Waals surface area contributed by atoms with E-state index in [0.29, 0.717) is 10.9 Å². The number of thiocarbonyl (C=S) groups is 1. The lowest BCUT2D eigenvalue weighted by Crippen LogP contribution is -2.46. The Hall–Kier alpha value is -2.92. The standard InChI is InChI=1S/C22H20N2O2S/c25-21(15-26-19-12-11-16-6-1-2-8-18(16)14-19)23-22(27)24-13-5-9-17-7-3-4-10-20(17)24/h1-4,6-8,10-12,14H,5,9,13,15H2,(H,23,25,27). The number of para-hydroxylation sites is 1. The van der Waals surface area contributed by atoms with Crippen LogP contribution in [0.5, 0.6) is 5.75 Å². The molecule has 136 valence electrons. The predicted octanol–water partition coefficient (Wildman–Crippen LogP) is 4.07. The number of nitrogens with zero attached hydrogens (tertiary/aromatic N) is 1. The van der Waals surface area contributed by atoms with Crippen LogP contribution in [0.2, 0.25) is 0 Å². The fourth-order valence-corrected chi connectivity index (χ4v) is 3.68. The number of carbonyl (C=O) groups is 1. The van der Waals surface area contributed by atoms with Gasteiger partial charge in [-0.05, 0) is 59.6 Å². The largest absolute Gasteiger partial charge is 0.484 e. The summed E-state index contributed by atoms with van der Waals surface area (Å²) in [4.78, 5) is 14.3. The summed E-state index contributed by atoms with van der Waals surface area (Å²) >= 11 is 5.46. The Morgan fingerprint density at radius 3 is 2.70 bits per heavy atom. The molecule has 5 heteroatoms. The van der Waals surface area contributed by atoms with Crippen molar-refractivity contribution in [1.82, 2.24) is 5.32 Å². The first-order valence-electron chi connectivity index (χ1n) is 9.01. The molecule has 0 fully saturated rings. The molecule has 1 heterocycles. The van der Waals surface area contributed by atoms with Crippen molar-refractivity contribution in [2.75, 3.05) is 18.1 Å². The zero-order valence-electron chi connectivity index (χ0n) is 14.9. The SMILES string of the molecule is O=C(COc1ccc2ccccc2c1)NC(=S)N1CCCc2ccccc21. The monoisotopic (exact) mass is 376 g/mol. The molecule has 0 bridgehead atoms. The normalized spacial score (nSPS) is 13.1. The van der Waals surface area contributed by atoms with Crippen LogP contribution in [0.3, 0.4) is 0 Å². The van der Waals surface area contributed by atoms with Crippen LogP contribution in [0.4, 0.5) is 5.69 Å². The maximum atomic E-state index is 12.3. The number of nitrogens with one attached hydrogen (secondary N) is 1. The van der Waals surface area contributed by atoms with Crippen molar-refractivity contribution in [3.05, 3.63) is 72.3 Å². The Labute approximate surface area is 163 Å². The molecule has 1 aliphatic rings. The quantitative estimate of drug-likeness (QED) is 0.700. The van der Waals surface area contributed by atoms with Gasteiger partial charge >= 0.3 is 0 Å². The molecule has 0 unspecified atom stereocenters. The van der Waals surface area contributed by atoms with Crippen LogP contribution in [-0.4, -0.2) is 24.2 Å². The minimum absolute atomic E-state index is 0.0754. The molecule has 1 aliphatic heterocycles. The maximum absolute atomic E-state index is 12.3. The van der Waals surface area contributed by atoms with Gasteiger partial charge in [-0.15, -0.1) is 0 Å². The topological polar surface area (TPSA) is 41.6 Å². The smallest absolute Gasteiger partial charge is 0.264 e. The van der Waals surface area contributed by atoms with Gasteiger partial charge in [0.2, 0.25) is 0 Å². The first kappa shape index (κ1) is 17.5. The second-order valence-electron chi connectivity index (χ2n) is 6.53. The fourth-order valence-electron chi connectivity index (χ4n) is 3.37. The molecule has 27 heavy (non-hydrogen) atoms. The summed E-state index contributed by atoms with van der Waals surface area (Å²) < 4.78 is 5.64. The highest BCUT2D eigenvalue weighted by Crippen LogP contribution is 2.26. The number of hydrogen-bond donors (Lipinski definition) is 1. The number of amides is 1. The van der Waals surface area contributed by atoms with E-state index in [1.165, 1.54) is 5.56 Å². The number of hydrogen-bond acceptors (Lipinski definition) is 3. The average Bonchev–Trinajstić information content (AvgIpc) is 2.71. The van der Waals surface area contributed by atoms with E-state index < -0.39 is 0 Å². The molecule has 1 amide bonds. The Bertz CT molecular complexity index is 1000. The number of fused-ring (bicyclic) bond motifs is 2. The van der Waals surface area contributed by atoms with E-state index in [9.17, 15) is 4.79 Å². The highest BCUT2D eigenvalue weighted by molar-refractivity contribution is 7.80. The molecule has 1 N–H and O–H groups in total. The molecular weight excluding hydrogens is 356 g/mol. The second-order valence-corrected chi connectivity index (χ2v) is 6.92. The summed E-state index contributed by atoms with van der Waals surface area (Å²) in [6.45, 7) is 0.732. The van der Waals surface area contributed by atoms with Gasteiger partial charge in [-0.1, -0.05) is 48.5 Å². The van der Waals surface area contributed by atoms with Gasteiger partial charge in [-0.2, -0.15) is 0 Å². The average molecular weight is 376 g/mol. The van der Waals surface area contributed by atoms with Crippen molar-refractivity contribution in [3.8, 4) is 5.75 Å². The first-order valence-corrected chi connectivity index (χ1v) is 9.42. The lowest BCUT2D eigenvalue weighted by molar-refractivity contribution is -0.121. The van der Waals surface area contributed by atoms with Crippen LogP contribution in [0.15, 0.2) is 66.7 Å². The van der Waals surface area contributed by atoms with E-state index >= 15 is 0 Å². The van der Waals surface area contributed by atoms with Crippen LogP contribution in [0.25, 0.3) is 10.8 Å². The molecule has 4 nitrogen and oxygen atoms in total. The molecule has 0 saturated carbocycles. The van der Waals surface area contributed by atoms with Gasteiger partial charge in [0.25, 0.3) is 5.91 Å². The van der Waals surface area contributed by atoms with Crippen molar-refractivity contribution >= 4 is 39.7 Å². The maximum Gasteiger partial charge on any atom is 0.264 e. The Morgan fingerprint density at radius 1 is 1.04 bits per heavy atom. The van der Waals surface area contributed by atoms with Gasteiger partial charge in [0.1, 0.15) is 5.75 Å². The number of rotatable bonds is 3. The molecule has 0 aromatic heterocycles. The molecular formula is C22H20N2O2S. The van der Waals surface area contributed by atoms with Gasteiger partial charge in [0.15, 0.2) is 11.7 Å². The predicted molar refractivity (Wildman–Crippen MR) is 112 cm³/mol. The second kappa shape index (κ2) is 7.76. The number of ether oxygens (including phenoxy) is 1. The molecule has 4 rings (SSSR count). The summed E-state index contributed by atoms with van der Waals surface area (Å²) in [5.74, 6) is 0.411. The van der Waals surface area contributed by atoms with E-state index in [4.69, 9.17) is 17.0 Å². The van der Waals surface area contributed by atoms with Crippen molar-refractivity contribution in [1.29, 1.82) is 0 Å². The molecule has 0 atom stereocenters. The van der Waals surface area contributed by atoms with E-state index in [1.807, 2.05) is 65.6 Å². The molecule has 0 aliphatic carbocycles. The minimum atomic E-state index is -0.254. The number of anilines is 1. The number of benzene rings is 3. The van der Waals surface area contributed by atoms with Crippen LogP contribution >= 0.6 is 12.2 Å². The Kier molecular flexibility index (Phi) is 5.03. The van der Waals surface area contributed by atoms with Gasteiger partial charge in [-0.3, -0.25) is 10.1 Å². The van der Waals surface area contributed by atoms with Gasteiger partial charge in [-0.25, -0.2) is 0 Å². The van der Waals surface area contributed by atoms with Crippen molar-refractivity contribution in [2.24, 2.45) is 0 Å². The van der Waals surface area contributed by atoms with Crippen LogP contribution in [0, 0.1) is 0 Å². The van der Waals surface area contributed by atoms with Crippen LogP contribution in [-0.2, 0) is 11.2 Å². The third-order valence-electron chi connectivity index (χ3n) is 4.69. The molecule has 0 radical (unpaired) electrons. The summed E-state index contributed by atoms with van der Waals surface area (Å²) in [6.07, 6.45) is 2.05. The van der Waals surface area contributed by atoms with E-state index in [0.717, 1.165) is 35.8 Å². The van der Waals surface area contributed by atoms with Crippen molar-refractivity contribution in [3.63, 3.8) is 0 Å². The first-order chi connectivity index (χ1) is 13.2. The minimum Gasteiger partial charge on any atom is -0.484 e. The summed E-state index contributed by atoms with van der Waals surface area (Å²) in [5, 5.41) is 5.43. The highest BCUT2D eigenvalue weighted by Gasteiger charge is 2.20. The zero-order chi connectivity index (χ0) is 18.6. The summed E-state index contributed by atoms with van der Waals surface area (Å²) in [6, 6.07) is 22.0. The van der Waals surface area contributed by atoms with Crippen LogP contribution < -0.4 is 15.0 Å². The third kappa shape index (κ3) is 3.93. The molecule has 0 spiro atoms. The molecule has 3 aromatic carbocycles. The number of carbonyl (C=O) groups excluding carboxylic acids is 1. The van der Waals surface area contributed by atoms with Gasteiger partial charge < -0.3 is 9.64 Å². The van der Waals surface area contributed by atoms with E-state index in [-0.39, 0.29) is 12.5 Å². The lowest BCUT2D eigenvalue weighted by Gasteiger charge is -2.31. The Balaban J connectivity index is 1.37. The van der Waals surface area contributed by atoms with E-state index in [2.05, 4.69) is 11.4 Å². The Morgan fingerprint density at radius 2 is 1.81 bits per heavy atom. The summed E-state index contributed by atoms with van der Waals surface area (Å²) in [7, 11) is 0. The zero-order valence-corrected chi connectivity index (χ0v) is 15.7. The van der Waals surface area contributed by atoms with Crippen molar-refractivity contribution in [2.45, 2.75) is 12.8 Å². The fraction of sp³-hybridized carbons (Fsp3) is 0.182. The van der Waals surface area contributed by atoms with Crippen LogP contribution in [0.1, 0.15) is 12.0 Å². The van der Waals surface area contributed by atoms with E-state index in [1.54, 1.807) is 0 Å². The van der Waals surface area contributed by atoms with Gasteiger partial charge in [0.05, 0.1) is 0 Å². The number of aryl methyl sites for hydroxylation is 1. The van der Waals surface area contributed by atoms with Gasteiger partial charge in [0, 0.05) is 12.2 Å². The summed E-state index contributed by atoms with van der Waals surface area (Å²) in [5.41, 5.74) is 2.33. The molecule has 3 aromatic rings. The highest BCUT2D eigenvalue weighted by atomic mass is 32.1. The third-order valence-corrected chi connectivity index (χ3v) is 5.02. The van der Waals surface area contributed by atoms with Crippen molar-refractivity contribution < 1.29 is 9.53 Å². The molecule has 0 saturated heterocycles.